The molecule has 1 heterocycles. The van der Waals surface area contributed by atoms with Crippen molar-refractivity contribution in [3.63, 3.8) is 0 Å². The topological polar surface area (TPSA) is 85.7 Å². The Bertz CT molecular complexity index is 1440. The van der Waals surface area contributed by atoms with Gasteiger partial charge in [0.2, 0.25) is 0 Å². The van der Waals surface area contributed by atoms with Crippen molar-refractivity contribution in [3.05, 3.63) is 103 Å². The zero-order valence-electron chi connectivity index (χ0n) is 17.5. The molecule has 0 fully saturated rings. The summed E-state index contributed by atoms with van der Waals surface area (Å²) in [6.07, 6.45) is 1.35. The molecule has 0 radical (unpaired) electrons. The molecule has 7 nitrogen and oxygen atoms in total. The molecule has 3 aromatic carbocycles. The van der Waals surface area contributed by atoms with Gasteiger partial charge in [-0.25, -0.2) is 4.79 Å². The monoisotopic (exact) mass is 449 g/mol. The predicted molar refractivity (Wildman–Crippen MR) is 125 cm³/mol. The van der Waals surface area contributed by atoms with E-state index in [1.807, 2.05) is 31.2 Å². The number of hydrogen-bond donors (Lipinski definition) is 1. The largest absolute Gasteiger partial charge is 0.493 e. The molecular formula is C24H20ClN3O4. The quantitative estimate of drug-likeness (QED) is 0.449. The van der Waals surface area contributed by atoms with E-state index in [1.165, 1.54) is 13.3 Å². The molecule has 0 bridgehead atoms. The van der Waals surface area contributed by atoms with E-state index < -0.39 is 11.2 Å². The van der Waals surface area contributed by atoms with Gasteiger partial charge in [0.15, 0.2) is 11.5 Å². The van der Waals surface area contributed by atoms with Crippen molar-refractivity contribution in [2.24, 2.45) is 5.10 Å². The van der Waals surface area contributed by atoms with Gasteiger partial charge in [-0.05, 0) is 30.7 Å². The summed E-state index contributed by atoms with van der Waals surface area (Å²) in [6, 6.07) is 17.9. The third-order valence-electron chi connectivity index (χ3n) is 4.83. The summed E-state index contributed by atoms with van der Waals surface area (Å²) >= 11 is 6.23. The van der Waals surface area contributed by atoms with Crippen molar-refractivity contribution in [2.45, 2.75) is 13.5 Å². The fourth-order valence-corrected chi connectivity index (χ4v) is 3.54. The number of rotatable bonds is 6. The number of para-hydroxylation sites is 1. The first-order chi connectivity index (χ1) is 15.5. The lowest BCUT2D eigenvalue weighted by Gasteiger charge is -2.14. The van der Waals surface area contributed by atoms with Crippen LogP contribution in [-0.2, 0) is 6.61 Å². The average molecular weight is 450 g/mol. The van der Waals surface area contributed by atoms with Crippen LogP contribution < -0.4 is 20.7 Å². The number of ether oxygens (including phenoxy) is 2. The van der Waals surface area contributed by atoms with Gasteiger partial charge in [-0.15, -0.1) is 4.68 Å². The molecule has 4 rings (SSSR count). The van der Waals surface area contributed by atoms with Crippen molar-refractivity contribution >= 4 is 28.7 Å². The minimum Gasteiger partial charge on any atom is -0.493 e. The number of fused-ring (bicyclic) bond motifs is 1. The second-order valence-electron chi connectivity index (χ2n) is 7.14. The van der Waals surface area contributed by atoms with Crippen LogP contribution in [0, 0.1) is 6.92 Å². The second-order valence-corrected chi connectivity index (χ2v) is 7.58. The van der Waals surface area contributed by atoms with Crippen LogP contribution in [0.15, 0.2) is 75.4 Å². The van der Waals surface area contributed by atoms with Crippen molar-refractivity contribution in [3.8, 4) is 11.5 Å². The number of nitrogens with one attached hydrogen (secondary N) is 1. The summed E-state index contributed by atoms with van der Waals surface area (Å²) < 4.78 is 12.2. The molecule has 0 aliphatic heterocycles. The number of halogens is 1. The third-order valence-corrected chi connectivity index (χ3v) is 5.05. The maximum absolute atomic E-state index is 12.7. The van der Waals surface area contributed by atoms with Crippen molar-refractivity contribution in [2.75, 3.05) is 7.11 Å². The molecule has 8 heteroatoms. The van der Waals surface area contributed by atoms with Gasteiger partial charge in [-0.3, -0.25) is 4.79 Å². The first-order valence-corrected chi connectivity index (χ1v) is 10.2. The highest BCUT2D eigenvalue weighted by Gasteiger charge is 2.13. The maximum atomic E-state index is 12.7. The maximum Gasteiger partial charge on any atom is 0.349 e. The Balaban J connectivity index is 1.74. The minimum atomic E-state index is -0.652. The van der Waals surface area contributed by atoms with Gasteiger partial charge < -0.3 is 14.5 Å². The lowest BCUT2D eigenvalue weighted by molar-refractivity contribution is 0.284. The fraction of sp³-hybridized carbons (Fsp3) is 0.125. The summed E-state index contributed by atoms with van der Waals surface area (Å²) in [5.74, 6) is 0.804. The number of aryl methyl sites for hydroxylation is 1. The highest BCUT2D eigenvalue weighted by molar-refractivity contribution is 6.31. The molecular weight excluding hydrogens is 430 g/mol. The molecule has 0 saturated heterocycles. The van der Waals surface area contributed by atoms with E-state index in [0.717, 1.165) is 15.8 Å². The molecule has 0 spiro atoms. The highest BCUT2D eigenvalue weighted by Crippen LogP contribution is 2.34. The van der Waals surface area contributed by atoms with Crippen molar-refractivity contribution < 1.29 is 9.47 Å². The summed E-state index contributed by atoms with van der Waals surface area (Å²) in [7, 11) is 1.50. The average Bonchev–Trinajstić information content (AvgIpc) is 2.78. The Morgan fingerprint density at radius 1 is 1.09 bits per heavy atom. The van der Waals surface area contributed by atoms with Crippen LogP contribution in [0.3, 0.4) is 0 Å². The first-order valence-electron chi connectivity index (χ1n) is 9.80. The standard InChI is InChI=1S/C24H20ClN3O4/c1-15-6-5-7-16(10-15)14-32-22-17(11-18(25)12-21(22)31-2)13-26-28-23(29)19-8-3-4-9-20(19)27-24(28)30/h3-13H,14H2,1-2H3,(H,27,30). The molecule has 0 amide bonds. The Morgan fingerprint density at radius 3 is 2.69 bits per heavy atom. The summed E-state index contributed by atoms with van der Waals surface area (Å²) in [4.78, 5) is 27.8. The SMILES string of the molecule is COc1cc(Cl)cc(C=Nn2c(=O)[nH]c3ccccc3c2=O)c1OCc1cccc(C)c1. The van der Waals surface area contributed by atoms with Crippen molar-refractivity contribution in [1.82, 2.24) is 9.66 Å². The first kappa shape index (κ1) is 21.4. The van der Waals surface area contributed by atoms with E-state index in [9.17, 15) is 9.59 Å². The number of hydrogen-bond acceptors (Lipinski definition) is 5. The number of methoxy groups -OCH3 is 1. The molecule has 4 aromatic rings. The molecule has 1 N–H and O–H groups in total. The van der Waals surface area contributed by atoms with E-state index in [2.05, 4.69) is 10.1 Å². The van der Waals surface area contributed by atoms with Gasteiger partial charge in [0, 0.05) is 16.7 Å². The Kier molecular flexibility index (Phi) is 6.09. The number of nitrogens with zero attached hydrogens (tertiary/aromatic N) is 2. The Morgan fingerprint density at radius 2 is 1.91 bits per heavy atom. The highest BCUT2D eigenvalue weighted by atomic mass is 35.5. The van der Waals surface area contributed by atoms with Gasteiger partial charge >= 0.3 is 5.69 Å². The Hall–Kier alpha value is -3.84. The Labute approximate surface area is 188 Å². The van der Waals surface area contributed by atoms with Crippen LogP contribution in [0.1, 0.15) is 16.7 Å². The number of aromatic amines is 1. The van der Waals surface area contributed by atoms with E-state index in [4.69, 9.17) is 21.1 Å². The second kappa shape index (κ2) is 9.11. The predicted octanol–water partition coefficient (Wildman–Crippen LogP) is 4.12. The van der Waals surface area contributed by atoms with E-state index in [0.29, 0.717) is 33.0 Å². The fourth-order valence-electron chi connectivity index (χ4n) is 3.33. The van der Waals surface area contributed by atoms with Crippen LogP contribution >= 0.6 is 11.6 Å². The van der Waals surface area contributed by atoms with E-state index in [1.54, 1.807) is 36.4 Å². The van der Waals surface area contributed by atoms with Crippen LogP contribution in [0.25, 0.3) is 10.9 Å². The number of benzene rings is 3. The summed E-state index contributed by atoms with van der Waals surface area (Å²) in [5, 5.41) is 4.86. The van der Waals surface area contributed by atoms with Gasteiger partial charge in [0.25, 0.3) is 5.56 Å². The molecule has 32 heavy (non-hydrogen) atoms. The minimum absolute atomic E-state index is 0.289. The zero-order valence-corrected chi connectivity index (χ0v) is 18.2. The molecule has 0 aliphatic rings. The molecule has 0 atom stereocenters. The van der Waals surface area contributed by atoms with Gasteiger partial charge in [0.05, 0.1) is 24.2 Å². The molecule has 162 valence electrons. The molecule has 0 unspecified atom stereocenters. The molecule has 0 aliphatic carbocycles. The number of H-pyrrole nitrogens is 1. The summed E-state index contributed by atoms with van der Waals surface area (Å²) in [6.45, 7) is 2.29. The third kappa shape index (κ3) is 4.43. The number of aromatic nitrogens is 2. The lowest BCUT2D eigenvalue weighted by Crippen LogP contribution is -2.32. The van der Waals surface area contributed by atoms with E-state index >= 15 is 0 Å². The van der Waals surface area contributed by atoms with Crippen molar-refractivity contribution in [1.29, 1.82) is 0 Å². The lowest BCUT2D eigenvalue weighted by atomic mass is 10.1. The van der Waals surface area contributed by atoms with Crippen LogP contribution in [0.2, 0.25) is 5.02 Å². The summed E-state index contributed by atoms with van der Waals surface area (Å²) in [5.41, 5.74) is 1.82. The van der Waals surface area contributed by atoms with Gasteiger partial charge in [0.1, 0.15) is 6.61 Å². The van der Waals surface area contributed by atoms with E-state index in [-0.39, 0.29) is 6.61 Å². The molecule has 1 aromatic heterocycles. The normalized spacial score (nSPS) is 11.2. The van der Waals surface area contributed by atoms with Crippen LogP contribution in [-0.4, -0.2) is 23.0 Å². The van der Waals surface area contributed by atoms with Gasteiger partial charge in [-0.2, -0.15) is 5.10 Å². The van der Waals surface area contributed by atoms with Crippen LogP contribution in [0.4, 0.5) is 0 Å². The smallest absolute Gasteiger partial charge is 0.349 e. The van der Waals surface area contributed by atoms with Crippen LogP contribution in [0.5, 0.6) is 11.5 Å². The molecule has 0 saturated carbocycles. The zero-order chi connectivity index (χ0) is 22.7. The van der Waals surface area contributed by atoms with Gasteiger partial charge in [-0.1, -0.05) is 53.6 Å².